The molecule has 0 heterocycles. The summed E-state index contributed by atoms with van der Waals surface area (Å²) in [6, 6.07) is 2.66. The summed E-state index contributed by atoms with van der Waals surface area (Å²) in [6.45, 7) is 1.98. The summed E-state index contributed by atoms with van der Waals surface area (Å²) in [7, 11) is 1.33. The van der Waals surface area contributed by atoms with E-state index < -0.39 is 11.8 Å². The number of hydrogen-bond donors (Lipinski definition) is 0. The molecule has 82 valence electrons. The Balaban J connectivity index is 3.10. The van der Waals surface area contributed by atoms with Crippen LogP contribution < -0.4 is 4.74 Å². The molecule has 0 saturated heterocycles. The molecule has 1 aromatic rings. The van der Waals surface area contributed by atoms with E-state index in [1.165, 1.54) is 19.2 Å². The lowest BCUT2D eigenvalue weighted by Crippen LogP contribution is -2.05. The van der Waals surface area contributed by atoms with Gasteiger partial charge in [0, 0.05) is 0 Å². The topological polar surface area (TPSA) is 35.5 Å². The molecule has 0 atom stereocenters. The first-order chi connectivity index (χ1) is 7.10. The third-order valence-electron chi connectivity index (χ3n) is 1.73. The first kappa shape index (κ1) is 12.0. The van der Waals surface area contributed by atoms with Crippen LogP contribution in [-0.4, -0.2) is 19.7 Å². The predicted octanol–water partition coefficient (Wildman–Crippen LogP) is 2.77. The van der Waals surface area contributed by atoms with E-state index in [1.807, 2.05) is 0 Å². The molecule has 0 aliphatic carbocycles. The third kappa shape index (κ3) is 2.68. The van der Waals surface area contributed by atoms with E-state index >= 15 is 0 Å². The Kier molecular flexibility index (Phi) is 4.08. The SMILES string of the molecule is CCOC(=O)c1cc(Br)c(F)c(OC)c1. The average molecular weight is 277 g/mol. The van der Waals surface area contributed by atoms with E-state index in [9.17, 15) is 9.18 Å². The number of esters is 1. The molecule has 0 saturated carbocycles. The number of methoxy groups -OCH3 is 1. The predicted molar refractivity (Wildman–Crippen MR) is 56.6 cm³/mol. The zero-order valence-corrected chi connectivity index (χ0v) is 9.93. The van der Waals surface area contributed by atoms with E-state index in [0.29, 0.717) is 0 Å². The second kappa shape index (κ2) is 5.11. The quantitative estimate of drug-likeness (QED) is 0.797. The molecule has 0 N–H and O–H groups in total. The van der Waals surface area contributed by atoms with Crippen molar-refractivity contribution in [2.45, 2.75) is 6.92 Å². The highest BCUT2D eigenvalue weighted by molar-refractivity contribution is 9.10. The van der Waals surface area contributed by atoms with Gasteiger partial charge in [-0.2, -0.15) is 0 Å². The smallest absolute Gasteiger partial charge is 0.338 e. The van der Waals surface area contributed by atoms with Crippen LogP contribution >= 0.6 is 15.9 Å². The third-order valence-corrected chi connectivity index (χ3v) is 2.30. The summed E-state index contributed by atoms with van der Waals surface area (Å²) in [5.41, 5.74) is 0.252. The van der Waals surface area contributed by atoms with Gasteiger partial charge in [-0.1, -0.05) is 0 Å². The summed E-state index contributed by atoms with van der Waals surface area (Å²) in [5, 5.41) is 0. The zero-order valence-electron chi connectivity index (χ0n) is 8.34. The largest absolute Gasteiger partial charge is 0.494 e. The molecule has 0 bridgehead atoms. The number of rotatable bonds is 3. The maximum atomic E-state index is 13.3. The first-order valence-electron chi connectivity index (χ1n) is 4.30. The number of hydrogen-bond acceptors (Lipinski definition) is 3. The van der Waals surface area contributed by atoms with Gasteiger partial charge < -0.3 is 9.47 Å². The van der Waals surface area contributed by atoms with Crippen molar-refractivity contribution in [1.82, 2.24) is 0 Å². The Labute approximate surface area is 95.3 Å². The van der Waals surface area contributed by atoms with Crippen molar-refractivity contribution < 1.29 is 18.7 Å². The highest BCUT2D eigenvalue weighted by Crippen LogP contribution is 2.27. The molecule has 0 unspecified atom stereocenters. The Morgan fingerprint density at radius 3 is 2.73 bits per heavy atom. The van der Waals surface area contributed by atoms with Gasteiger partial charge in [0.05, 0.1) is 23.8 Å². The van der Waals surface area contributed by atoms with E-state index in [1.54, 1.807) is 6.92 Å². The van der Waals surface area contributed by atoms with Crippen molar-refractivity contribution in [3.8, 4) is 5.75 Å². The Hall–Kier alpha value is -1.10. The lowest BCUT2D eigenvalue weighted by Gasteiger charge is -2.07. The molecule has 1 aromatic carbocycles. The van der Waals surface area contributed by atoms with Crippen LogP contribution in [0.5, 0.6) is 5.75 Å². The van der Waals surface area contributed by atoms with Gasteiger partial charge in [0.2, 0.25) is 0 Å². The van der Waals surface area contributed by atoms with Crippen LogP contribution in [0.1, 0.15) is 17.3 Å². The number of carbonyl (C=O) groups excluding carboxylic acids is 1. The van der Waals surface area contributed by atoms with Gasteiger partial charge in [0.15, 0.2) is 11.6 Å². The van der Waals surface area contributed by atoms with E-state index in [-0.39, 0.29) is 22.4 Å². The van der Waals surface area contributed by atoms with Crippen molar-refractivity contribution in [3.05, 3.63) is 28.0 Å². The summed E-state index contributed by atoms with van der Waals surface area (Å²) >= 11 is 2.99. The van der Waals surface area contributed by atoms with Crippen LogP contribution in [0.2, 0.25) is 0 Å². The molecule has 0 fully saturated rings. The van der Waals surface area contributed by atoms with Gasteiger partial charge in [0.1, 0.15) is 0 Å². The van der Waals surface area contributed by atoms with Crippen LogP contribution in [0.15, 0.2) is 16.6 Å². The molecule has 1 rings (SSSR count). The fraction of sp³-hybridized carbons (Fsp3) is 0.300. The van der Waals surface area contributed by atoms with Gasteiger partial charge in [-0.25, -0.2) is 9.18 Å². The molecule has 0 aliphatic heterocycles. The molecule has 0 amide bonds. The van der Waals surface area contributed by atoms with Gasteiger partial charge in [-0.3, -0.25) is 0 Å². The summed E-state index contributed by atoms with van der Waals surface area (Å²) in [6.07, 6.45) is 0. The average Bonchev–Trinajstić information content (AvgIpc) is 2.22. The molecule has 3 nitrogen and oxygen atoms in total. The minimum Gasteiger partial charge on any atom is -0.494 e. The standard InChI is InChI=1S/C10H10BrFO3/c1-3-15-10(13)6-4-7(11)9(12)8(5-6)14-2/h4-5H,3H2,1-2H3. The van der Waals surface area contributed by atoms with Crippen LogP contribution in [0, 0.1) is 5.82 Å². The fourth-order valence-electron chi connectivity index (χ4n) is 1.04. The van der Waals surface area contributed by atoms with Crippen molar-refractivity contribution in [2.75, 3.05) is 13.7 Å². The molecule has 5 heteroatoms. The van der Waals surface area contributed by atoms with Gasteiger partial charge in [-0.05, 0) is 35.0 Å². The van der Waals surface area contributed by atoms with E-state index in [0.717, 1.165) is 0 Å². The minimum atomic E-state index is -0.537. The van der Waals surface area contributed by atoms with Crippen molar-refractivity contribution in [3.63, 3.8) is 0 Å². The zero-order chi connectivity index (χ0) is 11.4. The normalized spacial score (nSPS) is 9.87. The van der Waals surface area contributed by atoms with Crippen LogP contribution in [0.3, 0.4) is 0 Å². The Morgan fingerprint density at radius 1 is 1.53 bits per heavy atom. The maximum absolute atomic E-state index is 13.3. The van der Waals surface area contributed by atoms with Gasteiger partial charge >= 0.3 is 5.97 Å². The second-order valence-electron chi connectivity index (χ2n) is 2.69. The summed E-state index contributed by atoms with van der Waals surface area (Å²) in [5.74, 6) is -1.03. The molecular formula is C10H10BrFO3. The monoisotopic (exact) mass is 276 g/mol. The lowest BCUT2D eigenvalue weighted by molar-refractivity contribution is 0.0526. The molecular weight excluding hydrogens is 267 g/mol. The highest BCUT2D eigenvalue weighted by atomic mass is 79.9. The molecule has 0 spiro atoms. The van der Waals surface area contributed by atoms with Crippen molar-refractivity contribution in [2.24, 2.45) is 0 Å². The Bertz CT molecular complexity index is 379. The maximum Gasteiger partial charge on any atom is 0.338 e. The Morgan fingerprint density at radius 2 is 2.20 bits per heavy atom. The number of carbonyl (C=O) groups is 1. The second-order valence-corrected chi connectivity index (χ2v) is 3.55. The number of ether oxygens (including phenoxy) is 2. The molecule has 0 aromatic heterocycles. The van der Waals surface area contributed by atoms with Gasteiger partial charge in [0.25, 0.3) is 0 Å². The fourth-order valence-corrected chi connectivity index (χ4v) is 1.49. The van der Waals surface area contributed by atoms with Crippen LogP contribution in [0.4, 0.5) is 4.39 Å². The van der Waals surface area contributed by atoms with E-state index in [2.05, 4.69) is 15.9 Å². The van der Waals surface area contributed by atoms with Gasteiger partial charge in [-0.15, -0.1) is 0 Å². The van der Waals surface area contributed by atoms with E-state index in [4.69, 9.17) is 9.47 Å². The first-order valence-corrected chi connectivity index (χ1v) is 5.09. The van der Waals surface area contributed by atoms with Crippen LogP contribution in [0.25, 0.3) is 0 Å². The van der Waals surface area contributed by atoms with Crippen molar-refractivity contribution >= 4 is 21.9 Å². The lowest BCUT2D eigenvalue weighted by atomic mass is 10.2. The number of benzene rings is 1. The van der Waals surface area contributed by atoms with Crippen LogP contribution in [-0.2, 0) is 4.74 Å². The number of halogens is 2. The molecule has 15 heavy (non-hydrogen) atoms. The molecule has 0 radical (unpaired) electrons. The minimum absolute atomic E-state index is 0.00688. The summed E-state index contributed by atoms with van der Waals surface area (Å²) < 4.78 is 23.0. The molecule has 0 aliphatic rings. The summed E-state index contributed by atoms with van der Waals surface area (Å²) in [4.78, 5) is 11.4. The van der Waals surface area contributed by atoms with Crippen molar-refractivity contribution in [1.29, 1.82) is 0 Å². The highest BCUT2D eigenvalue weighted by Gasteiger charge is 2.14.